The van der Waals surface area contributed by atoms with Gasteiger partial charge in [0.15, 0.2) is 0 Å². The van der Waals surface area contributed by atoms with Crippen molar-refractivity contribution in [1.29, 1.82) is 0 Å². The molecule has 0 bridgehead atoms. The highest BCUT2D eigenvalue weighted by Crippen LogP contribution is 2.24. The molecule has 2 rings (SSSR count). The van der Waals surface area contributed by atoms with Crippen molar-refractivity contribution in [2.45, 2.75) is 24.8 Å². The predicted molar refractivity (Wildman–Crippen MR) is 77.7 cm³/mol. The molecule has 0 aliphatic carbocycles. The quantitative estimate of drug-likeness (QED) is 0.807. The van der Waals surface area contributed by atoms with E-state index >= 15 is 0 Å². The molecule has 3 nitrogen and oxygen atoms in total. The Hall–Kier alpha value is -0.330. The van der Waals surface area contributed by atoms with Crippen LogP contribution in [-0.4, -0.2) is 23.2 Å². The second kappa shape index (κ2) is 6.02. The minimum atomic E-state index is -0.743. The fourth-order valence-electron chi connectivity index (χ4n) is 2.17. The molecule has 2 N–H and O–H groups in total. The van der Waals surface area contributed by atoms with E-state index in [2.05, 4.69) is 27.9 Å². The molecule has 1 heterocycles. The van der Waals surface area contributed by atoms with Crippen LogP contribution in [0.25, 0.3) is 0 Å². The molecule has 5 heteroatoms. The SMILES string of the molecule is Cl.O=C(O)C1(Cc2ccc(I)cc2)CCCN1. The van der Waals surface area contributed by atoms with Crippen molar-refractivity contribution in [3.8, 4) is 0 Å². The molecule has 0 amide bonds. The van der Waals surface area contributed by atoms with Gasteiger partial charge < -0.3 is 10.4 Å². The van der Waals surface area contributed by atoms with Crippen molar-refractivity contribution in [2.75, 3.05) is 6.54 Å². The van der Waals surface area contributed by atoms with Gasteiger partial charge in [0, 0.05) is 9.99 Å². The van der Waals surface area contributed by atoms with Crippen LogP contribution in [0.3, 0.4) is 0 Å². The van der Waals surface area contributed by atoms with Gasteiger partial charge in [-0.05, 0) is 59.7 Å². The fraction of sp³-hybridized carbons (Fsp3) is 0.417. The molecule has 1 aromatic rings. The standard InChI is InChI=1S/C12H14INO2.ClH/c13-10-4-2-9(3-5-10)8-12(11(15)16)6-1-7-14-12;/h2-5,14H,1,6-8H2,(H,15,16);1H. The van der Waals surface area contributed by atoms with Gasteiger partial charge in [-0.15, -0.1) is 12.4 Å². The Morgan fingerprint density at radius 1 is 1.41 bits per heavy atom. The van der Waals surface area contributed by atoms with E-state index in [1.54, 1.807) is 0 Å². The summed E-state index contributed by atoms with van der Waals surface area (Å²) in [4.78, 5) is 11.3. The number of carbonyl (C=O) groups is 1. The molecule has 0 spiro atoms. The van der Waals surface area contributed by atoms with Crippen molar-refractivity contribution < 1.29 is 9.90 Å². The third-order valence-corrected chi connectivity index (χ3v) is 3.79. The Balaban J connectivity index is 0.00000144. The topological polar surface area (TPSA) is 49.3 Å². The first-order valence-electron chi connectivity index (χ1n) is 5.35. The van der Waals surface area contributed by atoms with E-state index < -0.39 is 11.5 Å². The van der Waals surface area contributed by atoms with Gasteiger partial charge in [0.05, 0.1) is 0 Å². The summed E-state index contributed by atoms with van der Waals surface area (Å²) in [5.74, 6) is -0.733. The maximum Gasteiger partial charge on any atom is 0.324 e. The van der Waals surface area contributed by atoms with E-state index in [-0.39, 0.29) is 12.4 Å². The van der Waals surface area contributed by atoms with Gasteiger partial charge in [0.1, 0.15) is 5.54 Å². The Kier molecular flexibility index (Phi) is 5.22. The van der Waals surface area contributed by atoms with Crippen LogP contribution >= 0.6 is 35.0 Å². The molecule has 0 saturated carbocycles. The molecule has 1 aliphatic heterocycles. The average Bonchev–Trinajstić information content (AvgIpc) is 2.71. The van der Waals surface area contributed by atoms with Crippen LogP contribution in [0, 0.1) is 3.57 Å². The third-order valence-electron chi connectivity index (χ3n) is 3.07. The van der Waals surface area contributed by atoms with E-state index in [9.17, 15) is 9.90 Å². The van der Waals surface area contributed by atoms with Crippen molar-refractivity contribution in [3.05, 3.63) is 33.4 Å². The maximum atomic E-state index is 11.3. The molecular formula is C12H15ClINO2. The lowest BCUT2D eigenvalue weighted by Gasteiger charge is -2.24. The number of carboxylic acid groups (broad SMARTS) is 1. The number of halogens is 2. The van der Waals surface area contributed by atoms with Gasteiger partial charge in [-0.25, -0.2) is 0 Å². The second-order valence-electron chi connectivity index (χ2n) is 4.22. The van der Waals surface area contributed by atoms with E-state index in [0.717, 1.165) is 18.5 Å². The largest absolute Gasteiger partial charge is 0.480 e. The molecule has 1 aromatic carbocycles. The van der Waals surface area contributed by atoms with Crippen LogP contribution in [-0.2, 0) is 11.2 Å². The highest BCUT2D eigenvalue weighted by atomic mass is 127. The summed E-state index contributed by atoms with van der Waals surface area (Å²) < 4.78 is 1.17. The lowest BCUT2D eigenvalue weighted by molar-refractivity contribution is -0.144. The maximum absolute atomic E-state index is 11.3. The highest BCUT2D eigenvalue weighted by Gasteiger charge is 2.40. The summed E-state index contributed by atoms with van der Waals surface area (Å²) in [5, 5.41) is 12.4. The van der Waals surface area contributed by atoms with Gasteiger partial charge in [-0.3, -0.25) is 4.79 Å². The van der Waals surface area contributed by atoms with E-state index in [4.69, 9.17) is 0 Å². The first kappa shape index (κ1) is 14.7. The Morgan fingerprint density at radius 2 is 2.06 bits per heavy atom. The van der Waals surface area contributed by atoms with Crippen LogP contribution < -0.4 is 5.32 Å². The zero-order valence-corrected chi connectivity index (χ0v) is 12.3. The van der Waals surface area contributed by atoms with Crippen LogP contribution in [0.4, 0.5) is 0 Å². The molecule has 1 unspecified atom stereocenters. The van der Waals surface area contributed by atoms with E-state index in [1.807, 2.05) is 24.3 Å². The molecule has 1 fully saturated rings. The minimum Gasteiger partial charge on any atom is -0.480 e. The number of aliphatic carboxylic acids is 1. The molecular weight excluding hydrogens is 352 g/mol. The van der Waals surface area contributed by atoms with Crippen LogP contribution in [0.15, 0.2) is 24.3 Å². The van der Waals surface area contributed by atoms with Gasteiger partial charge in [-0.1, -0.05) is 12.1 Å². The molecule has 94 valence electrons. The zero-order chi connectivity index (χ0) is 11.6. The summed E-state index contributed by atoms with van der Waals surface area (Å²) in [6.45, 7) is 0.802. The fourth-order valence-corrected chi connectivity index (χ4v) is 2.53. The summed E-state index contributed by atoms with van der Waals surface area (Å²) in [5.41, 5.74) is 0.337. The van der Waals surface area contributed by atoms with Crippen molar-refractivity contribution in [3.63, 3.8) is 0 Å². The van der Waals surface area contributed by atoms with Crippen molar-refractivity contribution in [1.82, 2.24) is 5.32 Å². The second-order valence-corrected chi connectivity index (χ2v) is 5.47. The normalized spacial score (nSPS) is 23.1. The summed E-state index contributed by atoms with van der Waals surface area (Å²) in [6, 6.07) is 8.04. The third kappa shape index (κ3) is 3.33. The van der Waals surface area contributed by atoms with E-state index in [1.165, 1.54) is 3.57 Å². The minimum absolute atomic E-state index is 0. The lowest BCUT2D eigenvalue weighted by atomic mass is 9.89. The molecule has 1 atom stereocenters. The first-order valence-corrected chi connectivity index (χ1v) is 6.43. The van der Waals surface area contributed by atoms with Gasteiger partial charge in [0.2, 0.25) is 0 Å². The number of rotatable bonds is 3. The lowest BCUT2D eigenvalue weighted by Crippen LogP contribution is -2.49. The smallest absolute Gasteiger partial charge is 0.324 e. The summed E-state index contributed by atoms with van der Waals surface area (Å²) >= 11 is 2.25. The number of benzene rings is 1. The Bertz CT molecular complexity index is 388. The first-order chi connectivity index (χ1) is 7.62. The van der Waals surface area contributed by atoms with Crippen LogP contribution in [0.2, 0.25) is 0 Å². The molecule has 0 radical (unpaired) electrons. The number of carboxylic acids is 1. The van der Waals surface area contributed by atoms with Gasteiger partial charge >= 0.3 is 5.97 Å². The van der Waals surface area contributed by atoms with Crippen molar-refractivity contribution >= 4 is 41.0 Å². The molecule has 0 aromatic heterocycles. The number of hydrogen-bond acceptors (Lipinski definition) is 2. The van der Waals surface area contributed by atoms with Gasteiger partial charge in [-0.2, -0.15) is 0 Å². The Labute approximate surface area is 121 Å². The number of nitrogens with one attached hydrogen (secondary N) is 1. The van der Waals surface area contributed by atoms with Gasteiger partial charge in [0.25, 0.3) is 0 Å². The summed E-state index contributed by atoms with van der Waals surface area (Å²) in [7, 11) is 0. The zero-order valence-electron chi connectivity index (χ0n) is 9.28. The van der Waals surface area contributed by atoms with Crippen molar-refractivity contribution in [2.24, 2.45) is 0 Å². The predicted octanol–water partition coefficient (Wildman–Crippen LogP) is 2.46. The van der Waals surface area contributed by atoms with Crippen LogP contribution in [0.1, 0.15) is 18.4 Å². The Morgan fingerprint density at radius 3 is 2.53 bits per heavy atom. The van der Waals surface area contributed by atoms with Crippen LogP contribution in [0.5, 0.6) is 0 Å². The van der Waals surface area contributed by atoms with E-state index in [0.29, 0.717) is 12.8 Å². The monoisotopic (exact) mass is 367 g/mol. The highest BCUT2D eigenvalue weighted by molar-refractivity contribution is 14.1. The summed E-state index contributed by atoms with van der Waals surface area (Å²) in [6.07, 6.45) is 2.23. The molecule has 1 aliphatic rings. The molecule has 17 heavy (non-hydrogen) atoms. The molecule has 1 saturated heterocycles. The number of hydrogen-bond donors (Lipinski definition) is 2. The average molecular weight is 368 g/mol.